The molecule has 150 valence electrons. The van der Waals surface area contributed by atoms with E-state index in [9.17, 15) is 14.9 Å². The number of nitrogens with zero attached hydrogens (tertiary/aromatic N) is 3. The highest BCUT2D eigenvalue weighted by molar-refractivity contribution is 14.0. The number of benzene rings is 1. The highest BCUT2D eigenvalue weighted by atomic mass is 127. The lowest BCUT2D eigenvalue weighted by molar-refractivity contribution is -0.384. The summed E-state index contributed by atoms with van der Waals surface area (Å²) < 4.78 is 0. The number of nitrogens with one attached hydrogen (secondary N) is 3. The van der Waals surface area contributed by atoms with Gasteiger partial charge in [-0.15, -0.1) is 24.0 Å². The largest absolute Gasteiger partial charge is 0.358 e. The Bertz CT molecular complexity index is 662. The van der Waals surface area contributed by atoms with Crippen molar-refractivity contribution < 1.29 is 9.72 Å². The highest BCUT2D eigenvalue weighted by Crippen LogP contribution is 2.13. The molecule has 0 saturated carbocycles. The van der Waals surface area contributed by atoms with Crippen LogP contribution in [-0.4, -0.2) is 61.5 Å². The zero-order valence-electron chi connectivity index (χ0n) is 15.6. The van der Waals surface area contributed by atoms with Crippen molar-refractivity contribution >= 4 is 41.5 Å². The predicted molar refractivity (Wildman–Crippen MR) is 115 cm³/mol. The third kappa shape index (κ3) is 7.67. The summed E-state index contributed by atoms with van der Waals surface area (Å²) in [7, 11) is 3.34. The molecule has 2 rings (SSSR count). The third-order valence-corrected chi connectivity index (χ3v) is 4.38. The van der Waals surface area contributed by atoms with Crippen LogP contribution in [0.1, 0.15) is 18.4 Å². The van der Waals surface area contributed by atoms with Crippen molar-refractivity contribution in [1.29, 1.82) is 0 Å². The van der Waals surface area contributed by atoms with Gasteiger partial charge in [0.25, 0.3) is 5.69 Å². The molecule has 0 aromatic heterocycles. The predicted octanol–water partition coefficient (Wildman–Crippen LogP) is 1.09. The quantitative estimate of drug-likeness (QED) is 0.181. The van der Waals surface area contributed by atoms with Gasteiger partial charge in [0, 0.05) is 51.9 Å². The molecule has 0 atom stereocenters. The van der Waals surface area contributed by atoms with Gasteiger partial charge in [0.15, 0.2) is 5.96 Å². The normalized spacial score (nSPS) is 15.6. The number of nitro benzene ring substituents is 1. The maximum Gasteiger partial charge on any atom is 0.269 e. The molecular formula is C17H27IN6O3. The Morgan fingerprint density at radius 3 is 2.67 bits per heavy atom. The Kier molecular flexibility index (Phi) is 10.0. The Morgan fingerprint density at radius 1 is 1.37 bits per heavy atom. The van der Waals surface area contributed by atoms with Crippen LogP contribution in [0.5, 0.6) is 0 Å². The topological polar surface area (TPSA) is 112 Å². The average molecular weight is 490 g/mol. The van der Waals surface area contributed by atoms with E-state index in [2.05, 4.69) is 25.8 Å². The molecule has 3 N–H and O–H groups in total. The molecule has 0 radical (unpaired) electrons. The number of non-ortho nitro benzene ring substituents is 1. The summed E-state index contributed by atoms with van der Waals surface area (Å²) in [5, 5.41) is 20.1. The molecule has 0 bridgehead atoms. The molecule has 1 heterocycles. The summed E-state index contributed by atoms with van der Waals surface area (Å²) in [5.41, 5.74) is 0.901. The maximum atomic E-state index is 11.4. The van der Waals surface area contributed by atoms with E-state index >= 15 is 0 Å². The van der Waals surface area contributed by atoms with E-state index in [1.807, 2.05) is 6.07 Å². The van der Waals surface area contributed by atoms with Gasteiger partial charge in [-0.3, -0.25) is 24.8 Å². The summed E-state index contributed by atoms with van der Waals surface area (Å²) in [6.07, 6.45) is 1.85. The van der Waals surface area contributed by atoms with E-state index < -0.39 is 4.92 Å². The van der Waals surface area contributed by atoms with Crippen LogP contribution in [0.3, 0.4) is 0 Å². The molecule has 0 aliphatic carbocycles. The minimum atomic E-state index is -0.400. The Balaban J connectivity index is 0.00000364. The Morgan fingerprint density at radius 2 is 2.07 bits per heavy atom. The monoisotopic (exact) mass is 490 g/mol. The SMILES string of the molecule is CN=C(NCc1cccc([N+](=O)[O-])c1)NC1CCN(CC(=O)NC)CC1.I. The lowest BCUT2D eigenvalue weighted by Gasteiger charge is -2.32. The van der Waals surface area contributed by atoms with Gasteiger partial charge in [-0.05, 0) is 18.4 Å². The van der Waals surface area contributed by atoms with Gasteiger partial charge < -0.3 is 16.0 Å². The number of halogens is 1. The van der Waals surface area contributed by atoms with Gasteiger partial charge in [-0.1, -0.05) is 12.1 Å². The smallest absolute Gasteiger partial charge is 0.269 e. The number of rotatable bonds is 6. The van der Waals surface area contributed by atoms with Gasteiger partial charge in [0.2, 0.25) is 5.91 Å². The van der Waals surface area contributed by atoms with E-state index in [1.54, 1.807) is 26.2 Å². The van der Waals surface area contributed by atoms with Gasteiger partial charge in [0.05, 0.1) is 11.5 Å². The van der Waals surface area contributed by atoms with E-state index in [1.165, 1.54) is 6.07 Å². The van der Waals surface area contributed by atoms with Crippen LogP contribution in [0.2, 0.25) is 0 Å². The van der Waals surface area contributed by atoms with Crippen molar-refractivity contribution in [2.24, 2.45) is 4.99 Å². The molecule has 1 fully saturated rings. The fraction of sp³-hybridized carbons (Fsp3) is 0.529. The van der Waals surface area contributed by atoms with Crippen LogP contribution in [-0.2, 0) is 11.3 Å². The van der Waals surface area contributed by atoms with E-state index in [0.29, 0.717) is 19.0 Å². The van der Waals surface area contributed by atoms with Gasteiger partial charge in [0.1, 0.15) is 0 Å². The molecule has 10 heteroatoms. The first-order valence-corrected chi connectivity index (χ1v) is 8.65. The number of carbonyl (C=O) groups excluding carboxylic acids is 1. The number of piperidine rings is 1. The van der Waals surface area contributed by atoms with Crippen LogP contribution in [0.25, 0.3) is 0 Å². The number of hydrogen-bond donors (Lipinski definition) is 3. The van der Waals surface area contributed by atoms with Crippen molar-refractivity contribution in [2.45, 2.75) is 25.4 Å². The Hall–Kier alpha value is -1.95. The number of carbonyl (C=O) groups is 1. The van der Waals surface area contributed by atoms with E-state index in [0.717, 1.165) is 31.5 Å². The molecule has 0 spiro atoms. The van der Waals surface area contributed by atoms with Crippen LogP contribution in [0.4, 0.5) is 5.69 Å². The van der Waals surface area contributed by atoms with Crippen LogP contribution in [0, 0.1) is 10.1 Å². The van der Waals surface area contributed by atoms with E-state index in [4.69, 9.17) is 0 Å². The first-order chi connectivity index (χ1) is 12.5. The summed E-state index contributed by atoms with van der Waals surface area (Å²) >= 11 is 0. The van der Waals surface area contributed by atoms with Gasteiger partial charge in [-0.25, -0.2) is 0 Å². The number of amides is 1. The second kappa shape index (κ2) is 11.7. The minimum absolute atomic E-state index is 0. The molecule has 1 aromatic carbocycles. The van der Waals surface area contributed by atoms with Crippen LogP contribution >= 0.6 is 24.0 Å². The number of likely N-dealkylation sites (tertiary alicyclic amines) is 1. The maximum absolute atomic E-state index is 11.4. The molecule has 27 heavy (non-hydrogen) atoms. The van der Waals surface area contributed by atoms with Crippen molar-refractivity contribution in [2.75, 3.05) is 33.7 Å². The van der Waals surface area contributed by atoms with Crippen LogP contribution < -0.4 is 16.0 Å². The summed E-state index contributed by atoms with van der Waals surface area (Å²) in [6.45, 7) is 2.60. The molecule has 9 nitrogen and oxygen atoms in total. The Labute approximate surface area is 176 Å². The molecular weight excluding hydrogens is 463 g/mol. The summed E-state index contributed by atoms with van der Waals surface area (Å²) in [5.74, 6) is 0.701. The third-order valence-electron chi connectivity index (χ3n) is 4.38. The molecule has 1 aliphatic heterocycles. The van der Waals surface area contributed by atoms with Gasteiger partial charge >= 0.3 is 0 Å². The number of likely N-dealkylation sites (N-methyl/N-ethyl adjacent to an activating group) is 1. The first kappa shape index (κ1) is 23.1. The standard InChI is InChI=1S/C17H26N6O3.HI/c1-18-16(24)12-22-8-6-14(7-9-22)21-17(19-2)20-11-13-4-3-5-15(10-13)23(25)26;/h3-5,10,14H,6-9,11-12H2,1-2H3,(H,18,24)(H2,19,20,21);1H. The van der Waals surface area contributed by atoms with E-state index in [-0.39, 0.29) is 41.6 Å². The fourth-order valence-corrected chi connectivity index (χ4v) is 2.87. The van der Waals surface area contributed by atoms with Gasteiger partial charge in [-0.2, -0.15) is 0 Å². The van der Waals surface area contributed by atoms with Crippen LogP contribution in [0.15, 0.2) is 29.3 Å². The molecule has 1 amide bonds. The first-order valence-electron chi connectivity index (χ1n) is 8.65. The zero-order valence-corrected chi connectivity index (χ0v) is 17.9. The van der Waals surface area contributed by atoms with Crippen molar-refractivity contribution in [3.05, 3.63) is 39.9 Å². The average Bonchev–Trinajstić information content (AvgIpc) is 2.66. The van der Waals surface area contributed by atoms with Crippen molar-refractivity contribution in [1.82, 2.24) is 20.9 Å². The molecule has 1 aliphatic rings. The minimum Gasteiger partial charge on any atom is -0.358 e. The fourth-order valence-electron chi connectivity index (χ4n) is 2.87. The lowest BCUT2D eigenvalue weighted by atomic mass is 10.1. The molecule has 1 saturated heterocycles. The van der Waals surface area contributed by atoms with Crippen molar-refractivity contribution in [3.63, 3.8) is 0 Å². The summed E-state index contributed by atoms with van der Waals surface area (Å²) in [6, 6.07) is 6.82. The number of guanidine groups is 1. The highest BCUT2D eigenvalue weighted by Gasteiger charge is 2.21. The number of nitro groups is 1. The summed E-state index contributed by atoms with van der Waals surface area (Å²) in [4.78, 5) is 28.2. The lowest BCUT2D eigenvalue weighted by Crippen LogP contribution is -2.49. The second-order valence-corrected chi connectivity index (χ2v) is 6.22. The van der Waals surface area contributed by atoms with Crippen molar-refractivity contribution in [3.8, 4) is 0 Å². The number of hydrogen-bond acceptors (Lipinski definition) is 5. The second-order valence-electron chi connectivity index (χ2n) is 6.22. The number of aliphatic imine (C=N–C) groups is 1. The molecule has 0 unspecified atom stereocenters. The molecule has 1 aromatic rings. The zero-order chi connectivity index (χ0) is 18.9.